The van der Waals surface area contributed by atoms with Crippen LogP contribution in [0.5, 0.6) is 0 Å². The van der Waals surface area contributed by atoms with Gasteiger partial charge < -0.3 is 10.1 Å². The van der Waals surface area contributed by atoms with Gasteiger partial charge in [0.05, 0.1) is 40.8 Å². The molecule has 1 N–H and O–H groups in total. The van der Waals surface area contributed by atoms with Gasteiger partial charge >= 0.3 is 0 Å². The van der Waals surface area contributed by atoms with Crippen LogP contribution in [-0.2, 0) is 29.6 Å². The Labute approximate surface area is 197 Å². The number of ether oxygens (including phenoxy) is 1. The van der Waals surface area contributed by atoms with Crippen molar-refractivity contribution < 1.29 is 26.4 Å². The average molecular weight is 522 g/mol. The SMILES string of the molecule is CS(=O)(=O)N(CC(=O)Nc1cc(Cl)ccc1Cl)c1ccc(S(=O)(=O)N2CCOCC2)cc1. The van der Waals surface area contributed by atoms with Crippen molar-refractivity contribution in [2.45, 2.75) is 4.90 Å². The van der Waals surface area contributed by atoms with Crippen molar-refractivity contribution in [3.05, 3.63) is 52.5 Å². The van der Waals surface area contributed by atoms with Crippen LogP contribution in [0.3, 0.4) is 0 Å². The number of nitrogens with one attached hydrogen (secondary N) is 1. The van der Waals surface area contributed by atoms with E-state index in [0.29, 0.717) is 18.2 Å². The Morgan fingerprint density at radius 2 is 1.69 bits per heavy atom. The molecule has 1 aliphatic rings. The van der Waals surface area contributed by atoms with Gasteiger partial charge in [-0.05, 0) is 42.5 Å². The van der Waals surface area contributed by atoms with Gasteiger partial charge in [-0.3, -0.25) is 9.10 Å². The van der Waals surface area contributed by atoms with Crippen LogP contribution in [0.4, 0.5) is 11.4 Å². The minimum absolute atomic E-state index is 0.0201. The normalized spacial score (nSPS) is 15.3. The number of hydrogen-bond acceptors (Lipinski definition) is 6. The summed E-state index contributed by atoms with van der Waals surface area (Å²) in [7, 11) is -7.59. The predicted molar refractivity (Wildman–Crippen MR) is 123 cm³/mol. The molecular formula is C19H21Cl2N3O6S2. The lowest BCUT2D eigenvalue weighted by molar-refractivity contribution is -0.114. The Hall–Kier alpha value is -1.89. The number of hydrogen-bond donors (Lipinski definition) is 1. The summed E-state index contributed by atoms with van der Waals surface area (Å²) in [6, 6.07) is 9.80. The molecule has 0 saturated carbocycles. The number of carbonyl (C=O) groups is 1. The van der Waals surface area contributed by atoms with Gasteiger partial charge in [0, 0.05) is 18.1 Å². The molecule has 0 atom stereocenters. The van der Waals surface area contributed by atoms with Gasteiger partial charge in [-0.2, -0.15) is 4.31 Å². The van der Waals surface area contributed by atoms with Gasteiger partial charge in [0.1, 0.15) is 6.54 Å². The van der Waals surface area contributed by atoms with Crippen LogP contribution in [0.25, 0.3) is 0 Å². The molecule has 0 spiro atoms. The monoisotopic (exact) mass is 521 g/mol. The number of benzene rings is 2. The number of nitrogens with zero attached hydrogens (tertiary/aromatic N) is 2. The highest BCUT2D eigenvalue weighted by atomic mass is 35.5. The maximum Gasteiger partial charge on any atom is 0.245 e. The molecule has 1 fully saturated rings. The quantitative estimate of drug-likeness (QED) is 0.598. The lowest BCUT2D eigenvalue weighted by Crippen LogP contribution is -2.40. The summed E-state index contributed by atoms with van der Waals surface area (Å²) in [4.78, 5) is 12.5. The number of morpholine rings is 1. The van der Waals surface area contributed by atoms with E-state index in [4.69, 9.17) is 27.9 Å². The Morgan fingerprint density at radius 1 is 1.06 bits per heavy atom. The van der Waals surface area contributed by atoms with Crippen LogP contribution < -0.4 is 9.62 Å². The highest BCUT2D eigenvalue weighted by molar-refractivity contribution is 7.92. The summed E-state index contributed by atoms with van der Waals surface area (Å²) in [6.07, 6.45) is 0.949. The smallest absolute Gasteiger partial charge is 0.245 e. The van der Waals surface area contributed by atoms with E-state index >= 15 is 0 Å². The molecular weight excluding hydrogens is 501 g/mol. The van der Waals surface area contributed by atoms with Crippen molar-refractivity contribution in [1.29, 1.82) is 0 Å². The third-order valence-electron chi connectivity index (χ3n) is 4.62. The Kier molecular flexibility index (Phi) is 7.69. The standard InChI is InChI=1S/C19H21Cl2N3O6S2/c1-31(26,27)24(13-19(25)22-18-12-14(20)2-7-17(18)21)15-3-5-16(6-4-15)32(28,29)23-8-10-30-11-9-23/h2-7,12H,8-11,13H2,1H3,(H,22,25). The molecule has 2 aromatic rings. The van der Waals surface area contributed by atoms with Crippen LogP contribution >= 0.6 is 23.2 Å². The third-order valence-corrected chi connectivity index (χ3v) is 8.24. The van der Waals surface area contributed by atoms with Gasteiger partial charge in [-0.25, -0.2) is 16.8 Å². The molecule has 32 heavy (non-hydrogen) atoms. The zero-order chi connectivity index (χ0) is 23.5. The van der Waals surface area contributed by atoms with Gasteiger partial charge in [-0.1, -0.05) is 23.2 Å². The highest BCUT2D eigenvalue weighted by Crippen LogP contribution is 2.26. The molecule has 0 radical (unpaired) electrons. The van der Waals surface area contributed by atoms with E-state index in [9.17, 15) is 21.6 Å². The van der Waals surface area contributed by atoms with Crippen LogP contribution in [-0.4, -0.2) is 66.2 Å². The number of rotatable bonds is 7. The third kappa shape index (κ3) is 5.91. The van der Waals surface area contributed by atoms with Gasteiger partial charge in [0.15, 0.2) is 0 Å². The molecule has 0 unspecified atom stereocenters. The summed E-state index contributed by atoms with van der Waals surface area (Å²) in [5, 5.41) is 3.12. The molecule has 0 aliphatic carbocycles. The fourth-order valence-corrected chi connectivity index (χ4v) is 5.64. The first kappa shape index (κ1) is 24.7. The minimum Gasteiger partial charge on any atom is -0.379 e. The van der Waals surface area contributed by atoms with Crippen molar-refractivity contribution in [3.63, 3.8) is 0 Å². The summed E-state index contributed by atoms with van der Waals surface area (Å²) < 4.78 is 57.5. The van der Waals surface area contributed by atoms with Crippen molar-refractivity contribution in [2.75, 3.05) is 48.7 Å². The maximum absolute atomic E-state index is 12.8. The second-order valence-electron chi connectivity index (χ2n) is 6.95. The maximum atomic E-state index is 12.8. The summed E-state index contributed by atoms with van der Waals surface area (Å²) in [5.41, 5.74) is 0.380. The van der Waals surface area contributed by atoms with Crippen molar-refractivity contribution >= 4 is 60.5 Å². The van der Waals surface area contributed by atoms with Crippen LogP contribution in [0, 0.1) is 0 Å². The van der Waals surface area contributed by atoms with E-state index in [1.165, 1.54) is 40.7 Å². The summed E-state index contributed by atoms with van der Waals surface area (Å²) >= 11 is 11.9. The number of sulfonamides is 2. The van der Waals surface area contributed by atoms with E-state index in [2.05, 4.69) is 5.32 Å². The van der Waals surface area contributed by atoms with Crippen molar-refractivity contribution in [1.82, 2.24) is 4.31 Å². The molecule has 3 rings (SSSR count). The number of halogens is 2. The van der Waals surface area contributed by atoms with Gasteiger partial charge in [0.2, 0.25) is 26.0 Å². The molecule has 0 bridgehead atoms. The second-order valence-corrected chi connectivity index (χ2v) is 11.6. The van der Waals surface area contributed by atoms with Crippen LogP contribution in [0.1, 0.15) is 0 Å². The minimum atomic E-state index is -3.86. The van der Waals surface area contributed by atoms with E-state index in [-0.39, 0.29) is 34.4 Å². The molecule has 13 heteroatoms. The summed E-state index contributed by atoms with van der Waals surface area (Å²) in [5.74, 6) is -0.649. The number of carbonyl (C=O) groups excluding carboxylic acids is 1. The van der Waals surface area contributed by atoms with Crippen LogP contribution in [0.2, 0.25) is 10.0 Å². The fourth-order valence-electron chi connectivity index (χ4n) is 3.03. The highest BCUT2D eigenvalue weighted by Gasteiger charge is 2.27. The molecule has 1 aliphatic heterocycles. The second kappa shape index (κ2) is 9.94. The van der Waals surface area contributed by atoms with Crippen molar-refractivity contribution in [3.8, 4) is 0 Å². The number of amides is 1. The molecule has 0 aromatic heterocycles. The van der Waals surface area contributed by atoms with Gasteiger partial charge in [-0.15, -0.1) is 0 Å². The summed E-state index contributed by atoms with van der Waals surface area (Å²) in [6.45, 7) is 0.560. The Morgan fingerprint density at radius 3 is 2.28 bits per heavy atom. The molecule has 174 valence electrons. The van der Waals surface area contributed by atoms with E-state index in [1.54, 1.807) is 6.07 Å². The molecule has 1 amide bonds. The lowest BCUT2D eigenvalue weighted by atomic mass is 10.3. The molecule has 9 nitrogen and oxygen atoms in total. The van der Waals surface area contributed by atoms with E-state index < -0.39 is 32.5 Å². The van der Waals surface area contributed by atoms with Gasteiger partial charge in [0.25, 0.3) is 0 Å². The van der Waals surface area contributed by atoms with Crippen molar-refractivity contribution in [2.24, 2.45) is 0 Å². The van der Waals surface area contributed by atoms with Crippen LogP contribution in [0.15, 0.2) is 47.4 Å². The first-order valence-electron chi connectivity index (χ1n) is 9.39. The average Bonchev–Trinajstić information content (AvgIpc) is 2.74. The molecule has 2 aromatic carbocycles. The molecule has 1 heterocycles. The molecule has 1 saturated heterocycles. The Balaban J connectivity index is 1.80. The first-order chi connectivity index (χ1) is 15.0. The lowest BCUT2D eigenvalue weighted by Gasteiger charge is -2.26. The Bertz CT molecular complexity index is 1200. The zero-order valence-electron chi connectivity index (χ0n) is 17.0. The van der Waals surface area contributed by atoms with E-state index in [0.717, 1.165) is 10.6 Å². The fraction of sp³-hybridized carbons (Fsp3) is 0.316. The largest absolute Gasteiger partial charge is 0.379 e. The number of anilines is 2. The van der Waals surface area contributed by atoms with E-state index in [1.807, 2.05) is 0 Å². The first-order valence-corrected chi connectivity index (χ1v) is 13.4. The predicted octanol–water partition coefficient (Wildman–Crippen LogP) is 2.42. The zero-order valence-corrected chi connectivity index (χ0v) is 20.1. The topological polar surface area (TPSA) is 113 Å².